The summed E-state index contributed by atoms with van der Waals surface area (Å²) in [7, 11) is 5.46. The van der Waals surface area contributed by atoms with Gasteiger partial charge in [0.1, 0.15) is 5.82 Å². The first-order chi connectivity index (χ1) is 8.02. The summed E-state index contributed by atoms with van der Waals surface area (Å²) in [4.78, 5) is 15.6. The molecule has 0 fully saturated rings. The van der Waals surface area contributed by atoms with Crippen LogP contribution < -0.4 is 0 Å². The maximum Gasteiger partial charge on any atom is 0.189 e. The lowest BCUT2D eigenvalue weighted by Gasteiger charge is -2.30. The number of fused-ring (bicyclic) bond motifs is 1. The fourth-order valence-corrected chi connectivity index (χ4v) is 2.02. The second-order valence-corrected chi connectivity index (χ2v) is 4.33. The Morgan fingerprint density at radius 2 is 1.89 bits per heavy atom. The van der Waals surface area contributed by atoms with E-state index < -0.39 is 6.23 Å². The van der Waals surface area contributed by atoms with Crippen LogP contribution in [-0.4, -0.2) is 41.8 Å². The lowest BCUT2D eigenvalue weighted by Crippen LogP contribution is -2.30. The zero-order valence-corrected chi connectivity index (χ0v) is 13.0. The number of benzene rings is 1. The number of aliphatic hydroxyl groups is 1. The topological polar surface area (TPSA) is 43.8 Å². The summed E-state index contributed by atoms with van der Waals surface area (Å²) in [6.45, 7) is 0. The van der Waals surface area contributed by atoms with Crippen molar-refractivity contribution in [3.8, 4) is 0 Å². The molecule has 0 radical (unpaired) electrons. The zero-order chi connectivity index (χ0) is 12.6. The van der Waals surface area contributed by atoms with E-state index in [1.165, 1.54) is 0 Å². The smallest absolute Gasteiger partial charge is 0.189 e. The predicted molar refractivity (Wildman–Crippen MR) is 80.7 cm³/mol. The Hall–Kier alpha value is -1.08. The molecule has 1 N–H and O–H groups in total. The van der Waals surface area contributed by atoms with Gasteiger partial charge < -0.3 is 14.9 Å². The number of hydrogen-bond acceptors (Lipinski definition) is 4. The number of allylic oxidation sites excluding steroid dienone is 1. The molecule has 1 heterocycles. The summed E-state index contributed by atoms with van der Waals surface area (Å²) >= 11 is 0. The first-order valence-corrected chi connectivity index (χ1v) is 5.45. The first kappa shape index (κ1) is 15.0. The lowest BCUT2D eigenvalue weighted by atomic mass is 10.0. The van der Waals surface area contributed by atoms with Gasteiger partial charge in [-0.1, -0.05) is 24.3 Å². The molecule has 1 atom stereocenters. The molecule has 0 saturated carbocycles. The Balaban J connectivity index is 0.00000162. The Bertz CT molecular complexity index is 486. The maximum atomic E-state index is 12.1. The highest BCUT2D eigenvalue weighted by atomic mass is 127. The summed E-state index contributed by atoms with van der Waals surface area (Å²) in [5.74, 6) is 0.617. The molecule has 5 heteroatoms. The van der Waals surface area contributed by atoms with E-state index in [1.807, 2.05) is 25.1 Å². The summed E-state index contributed by atoms with van der Waals surface area (Å²) in [6, 6.07) is 7.15. The van der Waals surface area contributed by atoms with Gasteiger partial charge in [0.2, 0.25) is 0 Å². The van der Waals surface area contributed by atoms with Gasteiger partial charge in [0.15, 0.2) is 12.0 Å². The van der Waals surface area contributed by atoms with Gasteiger partial charge in [-0.2, -0.15) is 0 Å². The van der Waals surface area contributed by atoms with Crippen molar-refractivity contribution in [2.24, 2.45) is 0 Å². The second-order valence-electron chi connectivity index (χ2n) is 4.33. The molecular formula is C13H17IN2O2. The first-order valence-electron chi connectivity index (χ1n) is 5.45. The molecule has 0 spiro atoms. The molecule has 1 aliphatic rings. The van der Waals surface area contributed by atoms with E-state index >= 15 is 0 Å². The minimum Gasteiger partial charge on any atom is -0.369 e. The zero-order valence-electron chi connectivity index (χ0n) is 10.6. The average molecular weight is 360 g/mol. The van der Waals surface area contributed by atoms with E-state index in [0.29, 0.717) is 16.9 Å². The molecule has 2 rings (SSSR count). The second kappa shape index (κ2) is 5.71. The van der Waals surface area contributed by atoms with Crippen molar-refractivity contribution in [2.45, 2.75) is 6.23 Å². The monoisotopic (exact) mass is 360 g/mol. The lowest BCUT2D eigenvalue weighted by molar-refractivity contribution is 0.0288. The van der Waals surface area contributed by atoms with Crippen LogP contribution in [0.2, 0.25) is 0 Å². The normalized spacial score (nSPS) is 18.4. The fourth-order valence-electron chi connectivity index (χ4n) is 2.02. The number of carbonyl (C=O) groups is 1. The van der Waals surface area contributed by atoms with Crippen molar-refractivity contribution in [3.05, 3.63) is 47.3 Å². The van der Waals surface area contributed by atoms with E-state index in [0.717, 1.165) is 0 Å². The van der Waals surface area contributed by atoms with Crippen molar-refractivity contribution in [2.75, 3.05) is 21.1 Å². The van der Waals surface area contributed by atoms with Crippen LogP contribution in [-0.2, 0) is 0 Å². The Morgan fingerprint density at radius 1 is 1.28 bits per heavy atom. The minimum atomic E-state index is -0.800. The predicted octanol–water partition coefficient (Wildman–Crippen LogP) is 1.83. The van der Waals surface area contributed by atoms with E-state index in [9.17, 15) is 9.90 Å². The highest BCUT2D eigenvalue weighted by molar-refractivity contribution is 14.0. The molecule has 0 bridgehead atoms. The molecular weight excluding hydrogens is 343 g/mol. The van der Waals surface area contributed by atoms with Crippen LogP contribution in [0.3, 0.4) is 0 Å². The standard InChI is InChI=1S/C13H16N2O2.HI/c1-14(2)12-8-11(16)9-6-4-5-7-10(9)13(17)15(12)3;/h4-8,13,17H,1-3H3;1H. The fraction of sp³-hybridized carbons (Fsp3) is 0.308. The summed E-state index contributed by atoms with van der Waals surface area (Å²) < 4.78 is 0. The number of hydrogen-bond donors (Lipinski definition) is 1. The van der Waals surface area contributed by atoms with Crippen molar-refractivity contribution < 1.29 is 9.90 Å². The molecule has 18 heavy (non-hydrogen) atoms. The highest BCUT2D eigenvalue weighted by Gasteiger charge is 2.26. The number of aliphatic hydroxyl groups excluding tert-OH is 1. The van der Waals surface area contributed by atoms with Crippen LogP contribution in [0, 0.1) is 0 Å². The van der Waals surface area contributed by atoms with Gasteiger partial charge in [0.25, 0.3) is 0 Å². The van der Waals surface area contributed by atoms with Crippen molar-refractivity contribution in [1.29, 1.82) is 0 Å². The Kier molecular flexibility index (Phi) is 4.75. The van der Waals surface area contributed by atoms with E-state index in [4.69, 9.17) is 0 Å². The van der Waals surface area contributed by atoms with Gasteiger partial charge >= 0.3 is 0 Å². The van der Waals surface area contributed by atoms with Gasteiger partial charge in [0, 0.05) is 38.3 Å². The third-order valence-electron chi connectivity index (χ3n) is 2.95. The van der Waals surface area contributed by atoms with Gasteiger partial charge in [-0.15, -0.1) is 24.0 Å². The van der Waals surface area contributed by atoms with Crippen molar-refractivity contribution >= 4 is 29.8 Å². The van der Waals surface area contributed by atoms with Crippen LogP contribution in [0.1, 0.15) is 22.1 Å². The van der Waals surface area contributed by atoms with Crippen LogP contribution in [0.25, 0.3) is 0 Å². The van der Waals surface area contributed by atoms with Crippen molar-refractivity contribution in [1.82, 2.24) is 9.80 Å². The van der Waals surface area contributed by atoms with Gasteiger partial charge in [0.05, 0.1) is 0 Å². The average Bonchev–Trinajstić information content (AvgIpc) is 2.41. The summed E-state index contributed by atoms with van der Waals surface area (Å²) in [5, 5.41) is 10.3. The molecule has 0 amide bonds. The van der Waals surface area contributed by atoms with Crippen LogP contribution >= 0.6 is 24.0 Å². The molecule has 0 saturated heterocycles. The SMILES string of the molecule is CN(C)C1=CC(=O)c2ccccc2C(O)N1C.I. The molecule has 0 aromatic heterocycles. The molecule has 1 unspecified atom stereocenters. The third-order valence-corrected chi connectivity index (χ3v) is 2.95. The van der Waals surface area contributed by atoms with E-state index in [1.54, 1.807) is 36.2 Å². The van der Waals surface area contributed by atoms with E-state index in [-0.39, 0.29) is 29.8 Å². The molecule has 98 valence electrons. The quantitative estimate of drug-likeness (QED) is 0.777. The van der Waals surface area contributed by atoms with Crippen molar-refractivity contribution in [3.63, 3.8) is 0 Å². The number of carbonyl (C=O) groups excluding carboxylic acids is 1. The number of rotatable bonds is 1. The summed E-state index contributed by atoms with van der Waals surface area (Å²) in [6.07, 6.45) is 0.751. The molecule has 0 aliphatic carbocycles. The highest BCUT2D eigenvalue weighted by Crippen LogP contribution is 2.28. The number of halogens is 1. The Morgan fingerprint density at radius 3 is 2.50 bits per heavy atom. The molecule has 1 aromatic carbocycles. The molecule has 1 aromatic rings. The third kappa shape index (κ3) is 2.51. The number of nitrogens with zero attached hydrogens (tertiary/aromatic N) is 2. The van der Waals surface area contributed by atoms with Crippen LogP contribution in [0.5, 0.6) is 0 Å². The number of ketones is 1. The summed E-state index contributed by atoms with van der Waals surface area (Å²) in [5.41, 5.74) is 1.21. The van der Waals surface area contributed by atoms with Gasteiger partial charge in [-0.3, -0.25) is 4.79 Å². The Labute approximate surface area is 124 Å². The largest absolute Gasteiger partial charge is 0.369 e. The molecule has 1 aliphatic heterocycles. The van der Waals surface area contributed by atoms with Gasteiger partial charge in [-0.05, 0) is 0 Å². The minimum absolute atomic E-state index is 0. The molecule has 4 nitrogen and oxygen atoms in total. The van der Waals surface area contributed by atoms with Gasteiger partial charge in [-0.25, -0.2) is 0 Å². The van der Waals surface area contributed by atoms with E-state index in [2.05, 4.69) is 0 Å². The van der Waals surface area contributed by atoms with Crippen LogP contribution in [0.15, 0.2) is 36.2 Å². The van der Waals surface area contributed by atoms with Crippen LogP contribution in [0.4, 0.5) is 0 Å². The maximum absolute atomic E-state index is 12.1.